The Balaban J connectivity index is 4.50. The molecular weight excluding hydrogens is 232 g/mol. The largest absolute Gasteiger partial charge is 0.481 e. The zero-order chi connectivity index (χ0) is 13.4. The smallest absolute Gasteiger partial charge is 0.345 e. The summed E-state index contributed by atoms with van der Waals surface area (Å²) in [5, 5.41) is 25.6. The second-order valence-electron chi connectivity index (χ2n) is 3.23. The number of aliphatic hydroxyl groups is 1. The minimum atomic E-state index is -1.71. The first kappa shape index (κ1) is 15.1. The summed E-state index contributed by atoms with van der Waals surface area (Å²) in [6.07, 6.45) is -0.897. The van der Waals surface area contributed by atoms with Crippen LogP contribution in [0.4, 0.5) is 0 Å². The fraction of sp³-hybridized carbons (Fsp3) is 0.500. The molecule has 0 aliphatic heterocycles. The highest BCUT2D eigenvalue weighted by Crippen LogP contribution is 2.05. The summed E-state index contributed by atoms with van der Waals surface area (Å²) < 4.78 is 4.51. The lowest BCUT2D eigenvalue weighted by Crippen LogP contribution is -2.29. The number of carboxylic acids is 2. The predicted molar refractivity (Wildman–Crippen MR) is 55.2 cm³/mol. The van der Waals surface area contributed by atoms with Gasteiger partial charge >= 0.3 is 17.9 Å². The molecule has 0 aliphatic rings. The molecule has 96 valence electrons. The van der Waals surface area contributed by atoms with Crippen molar-refractivity contribution in [3.05, 3.63) is 11.6 Å². The molecule has 0 spiro atoms. The molecule has 0 saturated heterocycles. The van der Waals surface area contributed by atoms with Crippen LogP contribution in [0.25, 0.3) is 0 Å². The molecule has 3 N–H and O–H groups in total. The van der Waals surface area contributed by atoms with Crippen LogP contribution >= 0.6 is 0 Å². The van der Waals surface area contributed by atoms with Gasteiger partial charge in [0.05, 0.1) is 6.42 Å². The molecule has 0 saturated carbocycles. The maximum Gasteiger partial charge on any atom is 0.345 e. The van der Waals surface area contributed by atoms with Gasteiger partial charge in [-0.2, -0.15) is 0 Å². The Bertz CT molecular complexity index is 332. The normalized spacial score (nSPS) is 12.9. The number of esters is 1. The number of aliphatic carboxylic acids is 2. The highest BCUT2D eigenvalue weighted by Gasteiger charge is 2.25. The summed E-state index contributed by atoms with van der Waals surface area (Å²) >= 11 is 0. The molecule has 0 rings (SSSR count). The van der Waals surface area contributed by atoms with Gasteiger partial charge in [-0.05, 0) is 13.3 Å². The van der Waals surface area contributed by atoms with Crippen LogP contribution < -0.4 is 0 Å². The summed E-state index contributed by atoms with van der Waals surface area (Å²) in [6.45, 7) is 1.24. The quantitative estimate of drug-likeness (QED) is 0.419. The second-order valence-corrected chi connectivity index (χ2v) is 3.23. The number of rotatable bonds is 7. The van der Waals surface area contributed by atoms with E-state index in [0.29, 0.717) is 0 Å². The Hall–Kier alpha value is -1.89. The van der Waals surface area contributed by atoms with E-state index in [0.717, 1.165) is 0 Å². The number of ether oxygens (including phenoxy) is 1. The van der Waals surface area contributed by atoms with Crippen molar-refractivity contribution < 1.29 is 34.4 Å². The third kappa shape index (κ3) is 6.31. The molecule has 0 fully saturated rings. The van der Waals surface area contributed by atoms with Crippen molar-refractivity contribution in [1.29, 1.82) is 0 Å². The van der Waals surface area contributed by atoms with Crippen molar-refractivity contribution in [1.82, 2.24) is 0 Å². The lowest BCUT2D eigenvalue weighted by molar-refractivity contribution is -0.165. The van der Waals surface area contributed by atoms with E-state index in [1.807, 2.05) is 0 Å². The lowest BCUT2D eigenvalue weighted by atomic mass is 10.2. The van der Waals surface area contributed by atoms with Gasteiger partial charge in [-0.3, -0.25) is 4.79 Å². The SMILES string of the molecule is CC(=CCCO)C(=O)OC(CC(=O)O)C(=O)O. The van der Waals surface area contributed by atoms with E-state index in [9.17, 15) is 14.4 Å². The summed E-state index contributed by atoms with van der Waals surface area (Å²) in [5.74, 6) is -3.80. The molecule has 0 amide bonds. The maximum atomic E-state index is 11.3. The minimum Gasteiger partial charge on any atom is -0.481 e. The third-order valence-electron chi connectivity index (χ3n) is 1.79. The number of hydrogen-bond donors (Lipinski definition) is 3. The first-order chi connectivity index (χ1) is 7.88. The third-order valence-corrected chi connectivity index (χ3v) is 1.79. The fourth-order valence-corrected chi connectivity index (χ4v) is 0.925. The zero-order valence-electron chi connectivity index (χ0n) is 9.25. The summed E-state index contributed by atoms with van der Waals surface area (Å²) in [7, 11) is 0. The van der Waals surface area contributed by atoms with E-state index in [1.54, 1.807) is 0 Å². The van der Waals surface area contributed by atoms with Gasteiger partial charge in [-0.1, -0.05) is 6.08 Å². The Morgan fingerprint density at radius 2 is 1.88 bits per heavy atom. The molecule has 0 aliphatic carbocycles. The van der Waals surface area contributed by atoms with Crippen LogP contribution in [-0.2, 0) is 19.1 Å². The zero-order valence-corrected chi connectivity index (χ0v) is 9.25. The highest BCUT2D eigenvalue weighted by molar-refractivity contribution is 5.90. The van der Waals surface area contributed by atoms with Gasteiger partial charge in [0.15, 0.2) is 0 Å². The number of carbonyl (C=O) groups is 3. The maximum absolute atomic E-state index is 11.3. The van der Waals surface area contributed by atoms with E-state index in [2.05, 4.69) is 4.74 Å². The molecule has 0 bridgehead atoms. The van der Waals surface area contributed by atoms with E-state index in [4.69, 9.17) is 15.3 Å². The van der Waals surface area contributed by atoms with Crippen LogP contribution in [0.15, 0.2) is 11.6 Å². The molecule has 1 unspecified atom stereocenters. The Kier molecular flexibility index (Phi) is 6.57. The molecule has 7 heteroatoms. The van der Waals surface area contributed by atoms with Crippen molar-refractivity contribution in [2.24, 2.45) is 0 Å². The minimum absolute atomic E-state index is 0.121. The molecule has 0 aromatic heterocycles. The van der Waals surface area contributed by atoms with Crippen molar-refractivity contribution in [3.8, 4) is 0 Å². The highest BCUT2D eigenvalue weighted by atomic mass is 16.6. The van der Waals surface area contributed by atoms with E-state index in [-0.39, 0.29) is 18.6 Å². The monoisotopic (exact) mass is 246 g/mol. The first-order valence-electron chi connectivity index (χ1n) is 4.81. The molecule has 7 nitrogen and oxygen atoms in total. The van der Waals surface area contributed by atoms with Crippen LogP contribution in [0, 0.1) is 0 Å². The van der Waals surface area contributed by atoms with Gasteiger partial charge in [0.25, 0.3) is 0 Å². The van der Waals surface area contributed by atoms with Crippen molar-refractivity contribution in [2.45, 2.75) is 25.9 Å². The molecule has 17 heavy (non-hydrogen) atoms. The molecule has 0 aromatic carbocycles. The number of carboxylic acid groups (broad SMARTS) is 2. The van der Waals surface area contributed by atoms with Gasteiger partial charge in [0.1, 0.15) is 0 Å². The average molecular weight is 246 g/mol. The Morgan fingerprint density at radius 1 is 1.29 bits per heavy atom. The second kappa shape index (κ2) is 7.39. The molecule has 0 radical (unpaired) electrons. The standard InChI is InChI=1S/C10H14O7/c1-6(3-2-4-11)10(16)17-7(9(14)15)5-8(12)13/h3,7,11H,2,4-5H2,1H3,(H,12,13)(H,14,15). The van der Waals surface area contributed by atoms with Crippen molar-refractivity contribution in [2.75, 3.05) is 6.61 Å². The number of aliphatic hydroxyl groups excluding tert-OH is 1. The van der Waals surface area contributed by atoms with Gasteiger partial charge in [-0.25, -0.2) is 9.59 Å². The van der Waals surface area contributed by atoms with Crippen LogP contribution in [0.2, 0.25) is 0 Å². The summed E-state index contributed by atoms with van der Waals surface area (Å²) in [5.41, 5.74) is 0.121. The molecule has 0 heterocycles. The van der Waals surface area contributed by atoms with Crippen molar-refractivity contribution in [3.63, 3.8) is 0 Å². The van der Waals surface area contributed by atoms with Crippen molar-refractivity contribution >= 4 is 17.9 Å². The topological polar surface area (TPSA) is 121 Å². The van der Waals surface area contributed by atoms with E-state index >= 15 is 0 Å². The number of carbonyl (C=O) groups excluding carboxylic acids is 1. The van der Waals surface area contributed by atoms with Crippen LogP contribution in [-0.4, -0.2) is 45.9 Å². The van der Waals surface area contributed by atoms with E-state index < -0.39 is 30.4 Å². The molecule has 1 atom stereocenters. The van der Waals surface area contributed by atoms with Crippen LogP contribution in [0.1, 0.15) is 19.8 Å². The van der Waals surface area contributed by atoms with Gasteiger partial charge < -0.3 is 20.1 Å². The van der Waals surface area contributed by atoms with Crippen LogP contribution in [0.3, 0.4) is 0 Å². The summed E-state index contributed by atoms with van der Waals surface area (Å²) in [6, 6.07) is 0. The summed E-state index contributed by atoms with van der Waals surface area (Å²) in [4.78, 5) is 32.3. The number of hydrogen-bond acceptors (Lipinski definition) is 5. The lowest BCUT2D eigenvalue weighted by Gasteiger charge is -2.11. The Labute approximate surface area is 97.3 Å². The molecule has 0 aromatic rings. The average Bonchev–Trinajstić information content (AvgIpc) is 2.23. The van der Waals surface area contributed by atoms with E-state index in [1.165, 1.54) is 13.0 Å². The van der Waals surface area contributed by atoms with Gasteiger partial charge in [0, 0.05) is 12.2 Å². The predicted octanol–water partition coefficient (Wildman–Crippen LogP) is -0.214. The fourth-order valence-electron chi connectivity index (χ4n) is 0.925. The first-order valence-corrected chi connectivity index (χ1v) is 4.81. The van der Waals surface area contributed by atoms with Gasteiger partial charge in [0.2, 0.25) is 6.10 Å². The van der Waals surface area contributed by atoms with Crippen LogP contribution in [0.5, 0.6) is 0 Å². The van der Waals surface area contributed by atoms with Gasteiger partial charge in [-0.15, -0.1) is 0 Å². The molecular formula is C10H14O7. The Morgan fingerprint density at radius 3 is 2.29 bits per heavy atom.